The maximum atomic E-state index is 11.8. The average molecular weight is 256 g/mol. The van der Waals surface area contributed by atoms with Crippen LogP contribution in [0.5, 0.6) is 0 Å². The standard InChI is InChI=1S/C14H28N2O2/c1-6-7-8-9-16(5)10-13(18)15-14(11(2)3)12(4)17/h11,14H,6-10H2,1-5H3,(H,15,18). The number of carbonyl (C=O) groups excluding carboxylic acids is 2. The van der Waals surface area contributed by atoms with E-state index in [2.05, 4.69) is 12.2 Å². The van der Waals surface area contributed by atoms with E-state index < -0.39 is 0 Å². The Morgan fingerprint density at radius 3 is 2.28 bits per heavy atom. The maximum Gasteiger partial charge on any atom is 0.234 e. The van der Waals surface area contributed by atoms with Gasteiger partial charge in [0.1, 0.15) is 0 Å². The largest absolute Gasteiger partial charge is 0.345 e. The Labute approximate surface area is 111 Å². The molecule has 0 aromatic rings. The second kappa shape index (κ2) is 9.09. The Bertz CT molecular complexity index is 265. The van der Waals surface area contributed by atoms with Gasteiger partial charge in [-0.05, 0) is 32.9 Å². The van der Waals surface area contributed by atoms with Gasteiger partial charge in [0.05, 0.1) is 12.6 Å². The molecule has 4 nitrogen and oxygen atoms in total. The van der Waals surface area contributed by atoms with Crippen LogP contribution in [0.4, 0.5) is 0 Å². The zero-order valence-electron chi connectivity index (χ0n) is 12.5. The first-order valence-corrected chi connectivity index (χ1v) is 6.86. The van der Waals surface area contributed by atoms with Gasteiger partial charge in [0.15, 0.2) is 5.78 Å². The van der Waals surface area contributed by atoms with E-state index in [0.29, 0.717) is 6.54 Å². The second-order valence-electron chi connectivity index (χ2n) is 5.34. The van der Waals surface area contributed by atoms with Crippen LogP contribution in [-0.4, -0.2) is 42.8 Å². The highest BCUT2D eigenvalue weighted by Crippen LogP contribution is 2.03. The van der Waals surface area contributed by atoms with Crippen molar-refractivity contribution in [3.63, 3.8) is 0 Å². The summed E-state index contributed by atoms with van der Waals surface area (Å²) in [4.78, 5) is 25.2. The molecule has 106 valence electrons. The lowest BCUT2D eigenvalue weighted by Gasteiger charge is -2.22. The molecule has 0 fully saturated rings. The fourth-order valence-corrected chi connectivity index (χ4v) is 1.91. The molecule has 1 atom stereocenters. The van der Waals surface area contributed by atoms with E-state index in [1.807, 2.05) is 25.8 Å². The van der Waals surface area contributed by atoms with Crippen LogP contribution in [0.2, 0.25) is 0 Å². The summed E-state index contributed by atoms with van der Waals surface area (Å²) in [6.45, 7) is 8.85. The minimum atomic E-state index is -0.360. The molecule has 0 aliphatic rings. The summed E-state index contributed by atoms with van der Waals surface area (Å²) in [5.74, 6) is 0.0896. The van der Waals surface area contributed by atoms with Crippen LogP contribution >= 0.6 is 0 Å². The lowest BCUT2D eigenvalue weighted by Crippen LogP contribution is -2.46. The molecule has 1 amide bonds. The quantitative estimate of drug-likeness (QED) is 0.640. The van der Waals surface area contributed by atoms with Crippen molar-refractivity contribution in [1.29, 1.82) is 0 Å². The van der Waals surface area contributed by atoms with Crippen molar-refractivity contribution >= 4 is 11.7 Å². The number of unbranched alkanes of at least 4 members (excludes halogenated alkanes) is 2. The zero-order valence-corrected chi connectivity index (χ0v) is 12.5. The Kier molecular flexibility index (Phi) is 8.63. The minimum Gasteiger partial charge on any atom is -0.345 e. The summed E-state index contributed by atoms with van der Waals surface area (Å²) in [7, 11) is 1.94. The average Bonchev–Trinajstić information content (AvgIpc) is 2.25. The number of nitrogens with zero attached hydrogens (tertiary/aromatic N) is 1. The van der Waals surface area contributed by atoms with Crippen LogP contribution < -0.4 is 5.32 Å². The molecule has 0 heterocycles. The Balaban J connectivity index is 4.04. The van der Waals surface area contributed by atoms with E-state index in [-0.39, 0.29) is 23.7 Å². The highest BCUT2D eigenvalue weighted by atomic mass is 16.2. The summed E-state index contributed by atoms with van der Waals surface area (Å²) >= 11 is 0. The number of carbonyl (C=O) groups is 2. The van der Waals surface area contributed by atoms with Gasteiger partial charge in [-0.15, -0.1) is 0 Å². The first kappa shape index (κ1) is 17.1. The summed E-state index contributed by atoms with van der Waals surface area (Å²) in [6.07, 6.45) is 3.48. The van der Waals surface area contributed by atoms with Gasteiger partial charge in [-0.1, -0.05) is 33.6 Å². The normalized spacial score (nSPS) is 12.8. The van der Waals surface area contributed by atoms with Crippen LogP contribution in [0.3, 0.4) is 0 Å². The maximum absolute atomic E-state index is 11.8. The van der Waals surface area contributed by atoms with E-state index in [1.54, 1.807) is 0 Å². The highest BCUT2D eigenvalue weighted by Gasteiger charge is 2.20. The van der Waals surface area contributed by atoms with E-state index in [4.69, 9.17) is 0 Å². The van der Waals surface area contributed by atoms with Crippen LogP contribution in [0.1, 0.15) is 47.0 Å². The van der Waals surface area contributed by atoms with Crippen molar-refractivity contribution in [2.24, 2.45) is 5.92 Å². The number of hydrogen-bond acceptors (Lipinski definition) is 3. The van der Waals surface area contributed by atoms with Crippen molar-refractivity contribution in [3.05, 3.63) is 0 Å². The van der Waals surface area contributed by atoms with Gasteiger partial charge < -0.3 is 5.32 Å². The van der Waals surface area contributed by atoms with E-state index in [9.17, 15) is 9.59 Å². The molecule has 0 aliphatic carbocycles. The molecule has 0 saturated carbocycles. The zero-order chi connectivity index (χ0) is 14.1. The van der Waals surface area contributed by atoms with Crippen LogP contribution in [0, 0.1) is 5.92 Å². The molecule has 0 bridgehead atoms. The Morgan fingerprint density at radius 2 is 1.83 bits per heavy atom. The number of rotatable bonds is 9. The minimum absolute atomic E-state index is 0.0204. The highest BCUT2D eigenvalue weighted by molar-refractivity contribution is 5.88. The summed E-state index contributed by atoms with van der Waals surface area (Å²) < 4.78 is 0. The fourth-order valence-electron chi connectivity index (χ4n) is 1.91. The lowest BCUT2D eigenvalue weighted by molar-refractivity contribution is -0.128. The first-order valence-electron chi connectivity index (χ1n) is 6.86. The molecule has 0 spiro atoms. The number of ketones is 1. The molecule has 1 unspecified atom stereocenters. The predicted molar refractivity (Wildman–Crippen MR) is 74.5 cm³/mol. The van der Waals surface area contributed by atoms with Gasteiger partial charge in [0.2, 0.25) is 5.91 Å². The smallest absolute Gasteiger partial charge is 0.234 e. The topological polar surface area (TPSA) is 49.4 Å². The van der Waals surface area contributed by atoms with Gasteiger partial charge in [-0.25, -0.2) is 0 Å². The van der Waals surface area contributed by atoms with Crippen molar-refractivity contribution in [2.75, 3.05) is 20.1 Å². The van der Waals surface area contributed by atoms with Crippen LogP contribution in [0.15, 0.2) is 0 Å². The molecule has 0 rings (SSSR count). The molecular weight excluding hydrogens is 228 g/mol. The molecule has 4 heteroatoms. The van der Waals surface area contributed by atoms with Crippen LogP contribution in [-0.2, 0) is 9.59 Å². The molecule has 0 aromatic heterocycles. The van der Waals surface area contributed by atoms with Gasteiger partial charge in [0, 0.05) is 0 Å². The molecule has 0 radical (unpaired) electrons. The fraction of sp³-hybridized carbons (Fsp3) is 0.857. The number of Topliss-reactive ketones (excluding diaryl/α,β-unsaturated/α-hetero) is 1. The molecule has 18 heavy (non-hydrogen) atoms. The second-order valence-corrected chi connectivity index (χ2v) is 5.34. The van der Waals surface area contributed by atoms with Crippen LogP contribution in [0.25, 0.3) is 0 Å². The van der Waals surface area contributed by atoms with Crippen molar-refractivity contribution < 1.29 is 9.59 Å². The Hall–Kier alpha value is -0.900. The Morgan fingerprint density at radius 1 is 1.22 bits per heavy atom. The van der Waals surface area contributed by atoms with Gasteiger partial charge in [0.25, 0.3) is 0 Å². The third-order valence-electron chi connectivity index (χ3n) is 2.98. The molecular formula is C14H28N2O2. The summed E-state index contributed by atoms with van der Waals surface area (Å²) in [6, 6.07) is -0.360. The predicted octanol–water partition coefficient (Wildman–Crippen LogP) is 1.84. The molecule has 0 saturated heterocycles. The number of hydrogen-bond donors (Lipinski definition) is 1. The lowest BCUT2D eigenvalue weighted by atomic mass is 10.0. The van der Waals surface area contributed by atoms with E-state index >= 15 is 0 Å². The van der Waals surface area contributed by atoms with E-state index in [0.717, 1.165) is 13.0 Å². The number of amides is 1. The number of nitrogens with one attached hydrogen (secondary N) is 1. The third kappa shape index (κ3) is 7.43. The molecule has 0 aliphatic heterocycles. The third-order valence-corrected chi connectivity index (χ3v) is 2.98. The number of likely N-dealkylation sites (N-methyl/N-ethyl adjacent to an activating group) is 1. The first-order chi connectivity index (χ1) is 8.38. The van der Waals surface area contributed by atoms with E-state index in [1.165, 1.54) is 19.8 Å². The van der Waals surface area contributed by atoms with Crippen molar-refractivity contribution in [2.45, 2.75) is 53.0 Å². The van der Waals surface area contributed by atoms with Crippen molar-refractivity contribution in [1.82, 2.24) is 10.2 Å². The SMILES string of the molecule is CCCCCN(C)CC(=O)NC(C(C)=O)C(C)C. The van der Waals surface area contributed by atoms with Crippen molar-refractivity contribution in [3.8, 4) is 0 Å². The van der Waals surface area contributed by atoms with Gasteiger partial charge >= 0.3 is 0 Å². The monoisotopic (exact) mass is 256 g/mol. The van der Waals surface area contributed by atoms with Gasteiger partial charge in [-0.3, -0.25) is 14.5 Å². The van der Waals surface area contributed by atoms with Gasteiger partial charge in [-0.2, -0.15) is 0 Å². The summed E-state index contributed by atoms with van der Waals surface area (Å²) in [5, 5.41) is 2.81. The molecule has 1 N–H and O–H groups in total. The molecule has 0 aromatic carbocycles. The summed E-state index contributed by atoms with van der Waals surface area (Å²) in [5.41, 5.74) is 0.